The molecule has 0 aromatic heterocycles. The second kappa shape index (κ2) is 4.98. The van der Waals surface area contributed by atoms with Gasteiger partial charge in [-0.05, 0) is 19.1 Å². The summed E-state index contributed by atoms with van der Waals surface area (Å²) in [7, 11) is 1.22. The van der Waals surface area contributed by atoms with Crippen molar-refractivity contribution in [2.75, 3.05) is 13.7 Å². The lowest BCUT2D eigenvalue weighted by Gasteiger charge is -2.09. The van der Waals surface area contributed by atoms with Gasteiger partial charge >= 0.3 is 5.97 Å². The molecule has 0 heterocycles. The van der Waals surface area contributed by atoms with Gasteiger partial charge < -0.3 is 9.47 Å². The minimum absolute atomic E-state index is 0.0660. The molecule has 82 valence electrons. The summed E-state index contributed by atoms with van der Waals surface area (Å²) in [5.41, 5.74) is 0.0871. The predicted molar refractivity (Wildman–Crippen MR) is 53.9 cm³/mol. The monoisotopic (exact) mass is 232 g/mol. The highest BCUT2D eigenvalue weighted by Gasteiger charge is 2.18. The SMILES string of the molecule is CCOc1c(F)ccc(C(=O)OC)c1Cl. The molecule has 0 aliphatic carbocycles. The van der Waals surface area contributed by atoms with Crippen LogP contribution in [0, 0.1) is 5.82 Å². The Balaban J connectivity index is 3.21. The van der Waals surface area contributed by atoms with Crippen molar-refractivity contribution in [3.8, 4) is 5.75 Å². The zero-order valence-electron chi connectivity index (χ0n) is 8.34. The Morgan fingerprint density at radius 3 is 2.73 bits per heavy atom. The van der Waals surface area contributed by atoms with Crippen LogP contribution in [0.1, 0.15) is 17.3 Å². The average molecular weight is 233 g/mol. The normalized spacial score (nSPS) is 9.87. The van der Waals surface area contributed by atoms with Gasteiger partial charge in [-0.1, -0.05) is 11.6 Å². The minimum Gasteiger partial charge on any atom is -0.489 e. The van der Waals surface area contributed by atoms with E-state index in [0.29, 0.717) is 0 Å². The Morgan fingerprint density at radius 2 is 2.20 bits per heavy atom. The molecular weight excluding hydrogens is 223 g/mol. The molecule has 0 spiro atoms. The minimum atomic E-state index is -0.624. The molecular formula is C10H10ClFO3. The van der Waals surface area contributed by atoms with Gasteiger partial charge in [0.05, 0.1) is 19.3 Å². The fraction of sp³-hybridized carbons (Fsp3) is 0.300. The van der Waals surface area contributed by atoms with Gasteiger partial charge in [0.25, 0.3) is 0 Å². The lowest BCUT2D eigenvalue weighted by Crippen LogP contribution is -2.05. The van der Waals surface area contributed by atoms with Gasteiger partial charge in [0.2, 0.25) is 0 Å². The van der Waals surface area contributed by atoms with Crippen LogP contribution in [0.5, 0.6) is 5.75 Å². The fourth-order valence-corrected chi connectivity index (χ4v) is 1.36. The molecule has 0 aliphatic rings. The van der Waals surface area contributed by atoms with Crippen molar-refractivity contribution >= 4 is 17.6 Å². The molecule has 0 N–H and O–H groups in total. The van der Waals surface area contributed by atoms with E-state index in [1.807, 2.05) is 0 Å². The van der Waals surface area contributed by atoms with E-state index in [0.717, 1.165) is 6.07 Å². The van der Waals surface area contributed by atoms with Crippen LogP contribution in [0.4, 0.5) is 4.39 Å². The molecule has 0 radical (unpaired) electrons. The number of carbonyl (C=O) groups excluding carboxylic acids is 1. The highest BCUT2D eigenvalue weighted by Crippen LogP contribution is 2.31. The zero-order valence-corrected chi connectivity index (χ0v) is 9.10. The summed E-state index contributed by atoms with van der Waals surface area (Å²) in [6.07, 6.45) is 0. The van der Waals surface area contributed by atoms with Gasteiger partial charge in [0.1, 0.15) is 5.02 Å². The van der Waals surface area contributed by atoms with Gasteiger partial charge in [-0.15, -0.1) is 0 Å². The molecule has 0 bridgehead atoms. The summed E-state index contributed by atoms with van der Waals surface area (Å²) in [6.45, 7) is 1.96. The van der Waals surface area contributed by atoms with Crippen molar-refractivity contribution in [2.45, 2.75) is 6.92 Å². The van der Waals surface area contributed by atoms with Gasteiger partial charge in [0, 0.05) is 0 Å². The molecule has 1 aromatic carbocycles. The third kappa shape index (κ3) is 2.39. The highest BCUT2D eigenvalue weighted by atomic mass is 35.5. The van der Waals surface area contributed by atoms with Crippen molar-refractivity contribution in [3.63, 3.8) is 0 Å². The first-order valence-electron chi connectivity index (χ1n) is 4.31. The van der Waals surface area contributed by atoms with Crippen molar-refractivity contribution in [2.24, 2.45) is 0 Å². The van der Waals surface area contributed by atoms with Gasteiger partial charge in [-0.3, -0.25) is 0 Å². The topological polar surface area (TPSA) is 35.5 Å². The van der Waals surface area contributed by atoms with E-state index < -0.39 is 11.8 Å². The summed E-state index contributed by atoms with van der Waals surface area (Å²) in [4.78, 5) is 11.2. The third-order valence-corrected chi connectivity index (χ3v) is 2.12. The number of hydrogen-bond acceptors (Lipinski definition) is 3. The van der Waals surface area contributed by atoms with Crippen LogP contribution in [0.3, 0.4) is 0 Å². The van der Waals surface area contributed by atoms with Gasteiger partial charge in [-0.25, -0.2) is 9.18 Å². The fourth-order valence-electron chi connectivity index (χ4n) is 1.08. The summed E-state index contributed by atoms with van der Waals surface area (Å²) >= 11 is 5.80. The first-order valence-corrected chi connectivity index (χ1v) is 4.68. The zero-order chi connectivity index (χ0) is 11.4. The molecule has 15 heavy (non-hydrogen) atoms. The molecule has 0 amide bonds. The molecule has 0 aliphatic heterocycles. The molecule has 0 saturated carbocycles. The van der Waals surface area contributed by atoms with E-state index in [1.54, 1.807) is 6.92 Å². The Morgan fingerprint density at radius 1 is 1.53 bits per heavy atom. The van der Waals surface area contributed by atoms with Crippen LogP contribution >= 0.6 is 11.6 Å². The molecule has 0 saturated heterocycles. The van der Waals surface area contributed by atoms with Crippen LogP contribution < -0.4 is 4.74 Å². The van der Waals surface area contributed by atoms with E-state index in [1.165, 1.54) is 13.2 Å². The van der Waals surface area contributed by atoms with Crippen LogP contribution in [0.15, 0.2) is 12.1 Å². The molecule has 1 aromatic rings. The van der Waals surface area contributed by atoms with E-state index in [2.05, 4.69) is 4.74 Å². The van der Waals surface area contributed by atoms with Crippen LogP contribution in [-0.2, 0) is 4.74 Å². The number of ether oxygens (including phenoxy) is 2. The van der Waals surface area contributed by atoms with E-state index in [4.69, 9.17) is 16.3 Å². The van der Waals surface area contributed by atoms with Crippen LogP contribution in [0.25, 0.3) is 0 Å². The third-order valence-electron chi connectivity index (χ3n) is 1.74. The average Bonchev–Trinajstić information content (AvgIpc) is 2.23. The Labute approximate surface area is 91.7 Å². The second-order valence-corrected chi connectivity index (χ2v) is 3.04. The summed E-state index contributed by atoms with van der Waals surface area (Å²) < 4.78 is 22.7. The maximum Gasteiger partial charge on any atom is 0.339 e. The van der Waals surface area contributed by atoms with E-state index >= 15 is 0 Å². The summed E-state index contributed by atoms with van der Waals surface area (Å²) in [5.74, 6) is -1.35. The van der Waals surface area contributed by atoms with Crippen molar-refractivity contribution in [1.82, 2.24) is 0 Å². The van der Waals surface area contributed by atoms with Crippen molar-refractivity contribution in [3.05, 3.63) is 28.5 Å². The smallest absolute Gasteiger partial charge is 0.339 e. The molecule has 0 fully saturated rings. The molecule has 0 atom stereocenters. The lowest BCUT2D eigenvalue weighted by molar-refractivity contribution is 0.0600. The summed E-state index contributed by atoms with van der Waals surface area (Å²) in [5, 5.41) is -0.0660. The first kappa shape index (κ1) is 11.8. The number of halogens is 2. The standard InChI is InChI=1S/C10H10ClFO3/c1-3-15-9-7(12)5-4-6(8(9)11)10(13)14-2/h4-5H,3H2,1-2H3. The van der Waals surface area contributed by atoms with Crippen molar-refractivity contribution in [1.29, 1.82) is 0 Å². The maximum absolute atomic E-state index is 13.2. The number of hydrogen-bond donors (Lipinski definition) is 0. The number of methoxy groups -OCH3 is 1. The van der Waals surface area contributed by atoms with E-state index in [9.17, 15) is 9.18 Å². The number of benzene rings is 1. The largest absolute Gasteiger partial charge is 0.489 e. The second-order valence-electron chi connectivity index (χ2n) is 2.66. The summed E-state index contributed by atoms with van der Waals surface area (Å²) in [6, 6.07) is 2.37. The highest BCUT2D eigenvalue weighted by molar-refractivity contribution is 6.35. The van der Waals surface area contributed by atoms with Gasteiger partial charge in [-0.2, -0.15) is 0 Å². The molecule has 0 unspecified atom stereocenters. The number of esters is 1. The number of rotatable bonds is 3. The van der Waals surface area contributed by atoms with E-state index in [-0.39, 0.29) is 22.9 Å². The molecule has 1 rings (SSSR count). The predicted octanol–water partition coefficient (Wildman–Crippen LogP) is 2.66. The van der Waals surface area contributed by atoms with Gasteiger partial charge in [0.15, 0.2) is 11.6 Å². The Hall–Kier alpha value is -1.29. The maximum atomic E-state index is 13.2. The number of carbonyl (C=O) groups is 1. The lowest BCUT2D eigenvalue weighted by atomic mass is 10.2. The molecule has 3 nitrogen and oxygen atoms in total. The van der Waals surface area contributed by atoms with Crippen molar-refractivity contribution < 1.29 is 18.7 Å². The van der Waals surface area contributed by atoms with Crippen LogP contribution in [-0.4, -0.2) is 19.7 Å². The first-order chi connectivity index (χ1) is 7.11. The quantitative estimate of drug-likeness (QED) is 0.752. The Kier molecular flexibility index (Phi) is 3.91. The van der Waals surface area contributed by atoms with Crippen LogP contribution in [0.2, 0.25) is 5.02 Å². The Bertz CT molecular complexity index is 379. The molecule has 5 heteroatoms.